The number of nitrogens with one attached hydrogen (secondary N) is 1. The Morgan fingerprint density at radius 3 is 2.50 bits per heavy atom. The van der Waals surface area contributed by atoms with Crippen LogP contribution in [0.1, 0.15) is 25.3 Å². The lowest BCUT2D eigenvalue weighted by Crippen LogP contribution is -2.45. The van der Waals surface area contributed by atoms with Crippen molar-refractivity contribution in [1.29, 1.82) is 0 Å². The zero-order valence-corrected chi connectivity index (χ0v) is 14.2. The number of benzene rings is 1. The van der Waals surface area contributed by atoms with Gasteiger partial charge in [-0.1, -0.05) is 6.07 Å². The molecule has 1 fully saturated rings. The largest absolute Gasteiger partial charge is 0.493 e. The van der Waals surface area contributed by atoms with Gasteiger partial charge in [0, 0.05) is 12.6 Å². The zero-order valence-electron chi connectivity index (χ0n) is 14.2. The molecular weight excluding hydrogens is 321 g/mol. The molecule has 0 aliphatic carbocycles. The van der Waals surface area contributed by atoms with E-state index < -0.39 is 12.7 Å². The van der Waals surface area contributed by atoms with Crippen molar-refractivity contribution in [2.24, 2.45) is 0 Å². The maximum absolute atomic E-state index is 12.4. The van der Waals surface area contributed by atoms with E-state index in [2.05, 4.69) is 5.32 Å². The molecule has 1 saturated heterocycles. The average molecular weight is 346 g/mol. The van der Waals surface area contributed by atoms with Crippen molar-refractivity contribution in [2.45, 2.75) is 38.5 Å². The normalized spacial score (nSPS) is 17.0. The summed E-state index contributed by atoms with van der Waals surface area (Å²) in [6.45, 7) is 3.29. The maximum atomic E-state index is 12.4. The Balaban J connectivity index is 1.80. The highest BCUT2D eigenvalue weighted by molar-refractivity contribution is 5.42. The van der Waals surface area contributed by atoms with Gasteiger partial charge in [-0.05, 0) is 50.6 Å². The van der Waals surface area contributed by atoms with Crippen LogP contribution in [0.4, 0.5) is 13.2 Å². The quantitative estimate of drug-likeness (QED) is 0.822. The second-order valence-corrected chi connectivity index (χ2v) is 5.96. The molecule has 0 aromatic heterocycles. The van der Waals surface area contributed by atoms with Crippen LogP contribution >= 0.6 is 0 Å². The van der Waals surface area contributed by atoms with Gasteiger partial charge < -0.3 is 14.8 Å². The van der Waals surface area contributed by atoms with Gasteiger partial charge in [0.2, 0.25) is 0 Å². The van der Waals surface area contributed by atoms with Crippen LogP contribution in [0, 0.1) is 0 Å². The SMILES string of the molecule is CCOc1ccc(CNC2CCN(CC(F)(F)F)CC2)cc1OC. The van der Waals surface area contributed by atoms with E-state index in [4.69, 9.17) is 9.47 Å². The first-order valence-electron chi connectivity index (χ1n) is 8.23. The van der Waals surface area contributed by atoms with Crippen LogP contribution in [0.15, 0.2) is 18.2 Å². The Morgan fingerprint density at radius 1 is 1.21 bits per heavy atom. The van der Waals surface area contributed by atoms with E-state index in [0.29, 0.717) is 37.7 Å². The maximum Gasteiger partial charge on any atom is 0.401 e. The number of hydrogen-bond donors (Lipinski definition) is 1. The Labute approximate surface area is 140 Å². The molecule has 0 unspecified atom stereocenters. The molecule has 1 aliphatic heterocycles. The number of ether oxygens (including phenoxy) is 2. The molecule has 0 saturated carbocycles. The third-order valence-electron chi connectivity index (χ3n) is 4.11. The fourth-order valence-corrected chi connectivity index (χ4v) is 2.91. The summed E-state index contributed by atoms with van der Waals surface area (Å²) in [7, 11) is 1.60. The van der Waals surface area contributed by atoms with Gasteiger partial charge in [0.15, 0.2) is 11.5 Å². The first-order valence-corrected chi connectivity index (χ1v) is 8.23. The van der Waals surface area contributed by atoms with Crippen LogP contribution in [-0.2, 0) is 6.54 Å². The molecule has 0 radical (unpaired) electrons. The van der Waals surface area contributed by atoms with Crippen molar-refractivity contribution in [3.05, 3.63) is 23.8 Å². The van der Waals surface area contributed by atoms with E-state index in [0.717, 1.165) is 18.4 Å². The Kier molecular flexibility index (Phi) is 6.74. The number of hydrogen-bond acceptors (Lipinski definition) is 4. The van der Waals surface area contributed by atoms with Gasteiger partial charge in [0.1, 0.15) is 0 Å². The minimum absolute atomic E-state index is 0.243. The van der Waals surface area contributed by atoms with E-state index in [-0.39, 0.29) is 6.04 Å². The number of methoxy groups -OCH3 is 1. The second kappa shape index (κ2) is 8.58. The lowest BCUT2D eigenvalue weighted by atomic mass is 10.0. The lowest BCUT2D eigenvalue weighted by molar-refractivity contribution is -0.148. The molecule has 0 bridgehead atoms. The zero-order chi connectivity index (χ0) is 17.6. The summed E-state index contributed by atoms with van der Waals surface area (Å²) in [6.07, 6.45) is -2.66. The van der Waals surface area contributed by atoms with Crippen LogP contribution in [0.2, 0.25) is 0 Å². The highest BCUT2D eigenvalue weighted by Crippen LogP contribution is 2.28. The fourth-order valence-electron chi connectivity index (χ4n) is 2.91. The summed E-state index contributed by atoms with van der Waals surface area (Å²) in [5.41, 5.74) is 1.06. The van der Waals surface area contributed by atoms with Crippen molar-refractivity contribution in [3.63, 3.8) is 0 Å². The number of likely N-dealkylation sites (tertiary alicyclic amines) is 1. The number of rotatable bonds is 7. The summed E-state index contributed by atoms with van der Waals surface area (Å²) in [6, 6.07) is 6.02. The third kappa shape index (κ3) is 5.87. The average Bonchev–Trinajstić information content (AvgIpc) is 2.54. The Morgan fingerprint density at radius 2 is 1.92 bits per heavy atom. The van der Waals surface area contributed by atoms with Gasteiger partial charge in [-0.2, -0.15) is 13.2 Å². The van der Waals surface area contributed by atoms with Crippen molar-refractivity contribution >= 4 is 0 Å². The molecule has 2 rings (SSSR count). The molecule has 1 aromatic carbocycles. The van der Waals surface area contributed by atoms with Crippen LogP contribution in [0.3, 0.4) is 0 Å². The minimum atomic E-state index is -4.11. The first-order chi connectivity index (χ1) is 11.4. The highest BCUT2D eigenvalue weighted by Gasteiger charge is 2.32. The lowest BCUT2D eigenvalue weighted by Gasteiger charge is -2.32. The third-order valence-corrected chi connectivity index (χ3v) is 4.11. The standard InChI is InChI=1S/C17H25F3N2O2/c1-3-24-15-5-4-13(10-16(15)23-2)11-21-14-6-8-22(9-7-14)12-17(18,19)20/h4-5,10,14,21H,3,6-9,11-12H2,1-2H3. The molecule has 136 valence electrons. The molecule has 0 atom stereocenters. The smallest absolute Gasteiger partial charge is 0.401 e. The minimum Gasteiger partial charge on any atom is -0.493 e. The summed E-state index contributed by atoms with van der Waals surface area (Å²) in [4.78, 5) is 1.47. The van der Waals surface area contributed by atoms with Crippen molar-refractivity contribution in [2.75, 3.05) is 33.4 Å². The van der Waals surface area contributed by atoms with Crippen molar-refractivity contribution in [3.8, 4) is 11.5 Å². The summed E-state index contributed by atoms with van der Waals surface area (Å²) in [5.74, 6) is 1.40. The molecule has 1 aromatic rings. The van der Waals surface area contributed by atoms with Gasteiger partial charge in [-0.3, -0.25) is 4.90 Å². The highest BCUT2D eigenvalue weighted by atomic mass is 19.4. The van der Waals surface area contributed by atoms with Crippen LogP contribution in [-0.4, -0.2) is 50.5 Å². The number of halogens is 3. The Bertz CT molecular complexity index is 515. The molecule has 1 N–H and O–H groups in total. The predicted octanol–water partition coefficient (Wildman–Crippen LogP) is 3.21. The molecule has 7 heteroatoms. The van der Waals surface area contributed by atoms with Crippen molar-refractivity contribution < 1.29 is 22.6 Å². The Hall–Kier alpha value is -1.47. The van der Waals surface area contributed by atoms with Crippen LogP contribution in [0.5, 0.6) is 11.5 Å². The number of nitrogens with zero attached hydrogens (tertiary/aromatic N) is 1. The molecule has 1 heterocycles. The second-order valence-electron chi connectivity index (χ2n) is 5.96. The molecule has 4 nitrogen and oxygen atoms in total. The predicted molar refractivity (Wildman–Crippen MR) is 86.5 cm³/mol. The van der Waals surface area contributed by atoms with E-state index >= 15 is 0 Å². The van der Waals surface area contributed by atoms with Crippen LogP contribution < -0.4 is 14.8 Å². The summed E-state index contributed by atoms with van der Waals surface area (Å²) >= 11 is 0. The van der Waals surface area contributed by atoms with Gasteiger partial charge in [-0.15, -0.1) is 0 Å². The van der Waals surface area contributed by atoms with E-state index in [9.17, 15) is 13.2 Å². The summed E-state index contributed by atoms with van der Waals surface area (Å²) < 4.78 is 48.0. The van der Waals surface area contributed by atoms with E-state index in [1.165, 1.54) is 4.90 Å². The van der Waals surface area contributed by atoms with E-state index in [1.807, 2.05) is 25.1 Å². The summed E-state index contributed by atoms with van der Waals surface area (Å²) in [5, 5.41) is 3.42. The van der Waals surface area contributed by atoms with Gasteiger partial charge in [0.05, 0.1) is 20.3 Å². The topological polar surface area (TPSA) is 33.7 Å². The van der Waals surface area contributed by atoms with Gasteiger partial charge >= 0.3 is 6.18 Å². The fraction of sp³-hybridized carbons (Fsp3) is 0.647. The number of alkyl halides is 3. The first kappa shape index (κ1) is 18.9. The van der Waals surface area contributed by atoms with Crippen LogP contribution in [0.25, 0.3) is 0 Å². The number of piperidine rings is 1. The molecule has 0 spiro atoms. The van der Waals surface area contributed by atoms with Gasteiger partial charge in [0.25, 0.3) is 0 Å². The monoisotopic (exact) mass is 346 g/mol. The molecule has 24 heavy (non-hydrogen) atoms. The van der Waals surface area contributed by atoms with E-state index in [1.54, 1.807) is 7.11 Å². The molecule has 0 amide bonds. The van der Waals surface area contributed by atoms with Crippen molar-refractivity contribution in [1.82, 2.24) is 10.2 Å². The molecule has 1 aliphatic rings. The molecular formula is C17H25F3N2O2. The van der Waals surface area contributed by atoms with Gasteiger partial charge in [-0.25, -0.2) is 0 Å².